The molecule has 1 atom stereocenters. The summed E-state index contributed by atoms with van der Waals surface area (Å²) in [5, 5.41) is 19.6. The molecule has 0 bridgehead atoms. The van der Waals surface area contributed by atoms with E-state index in [9.17, 15) is 24.2 Å². The average Bonchev–Trinajstić information content (AvgIpc) is 2.76. The van der Waals surface area contributed by atoms with E-state index in [0.29, 0.717) is 36.3 Å². The number of aliphatic hydroxyl groups excluding tert-OH is 1. The minimum atomic E-state index is -1.34. The molecule has 0 unspecified atom stereocenters. The molecule has 0 aliphatic heterocycles. The molecular weight excluding hydrogens is 415 g/mol. The first kappa shape index (κ1) is 23.4. The van der Waals surface area contributed by atoms with E-state index in [1.165, 1.54) is 23.9 Å². The van der Waals surface area contributed by atoms with Crippen molar-refractivity contribution < 1.29 is 24.1 Å². The third-order valence-electron chi connectivity index (χ3n) is 5.63. The van der Waals surface area contributed by atoms with Crippen molar-refractivity contribution in [2.45, 2.75) is 39.2 Å². The van der Waals surface area contributed by atoms with Crippen LogP contribution in [-0.2, 0) is 12.8 Å². The number of carbonyl (C=O) groups is 1. The molecule has 0 saturated carbocycles. The van der Waals surface area contributed by atoms with Gasteiger partial charge in [0.05, 0.1) is 25.1 Å². The molecule has 170 valence electrons. The number of hydrogen-bond acceptors (Lipinski definition) is 5. The summed E-state index contributed by atoms with van der Waals surface area (Å²) < 4.78 is 20.9. The van der Waals surface area contributed by atoms with Gasteiger partial charge in [-0.15, -0.1) is 0 Å². The summed E-state index contributed by atoms with van der Waals surface area (Å²) in [4.78, 5) is 29.1. The Labute approximate surface area is 185 Å². The number of methoxy groups -OCH3 is 1. The van der Waals surface area contributed by atoms with Crippen molar-refractivity contribution >= 4 is 17.0 Å². The van der Waals surface area contributed by atoms with Crippen LogP contribution < -0.4 is 10.2 Å². The zero-order chi connectivity index (χ0) is 23.4. The first-order valence-corrected chi connectivity index (χ1v) is 10.5. The monoisotopic (exact) mass is 442 g/mol. The lowest BCUT2D eigenvalue weighted by atomic mass is 10.0. The van der Waals surface area contributed by atoms with Gasteiger partial charge in [-0.3, -0.25) is 4.79 Å². The highest BCUT2D eigenvalue weighted by Crippen LogP contribution is 2.27. The maximum absolute atomic E-state index is 13.9. The molecule has 0 aliphatic carbocycles. The van der Waals surface area contributed by atoms with Crippen molar-refractivity contribution in [1.29, 1.82) is 0 Å². The summed E-state index contributed by atoms with van der Waals surface area (Å²) >= 11 is 0. The highest BCUT2D eigenvalue weighted by atomic mass is 19.1. The standard InChI is InChI=1S/C24H27FN2O5/c1-14(2)20(13-28)27-12-18(24(30)31)21(29)17-11-16(23(32-3)26-22(17)27)9-6-8-15-7-4-5-10-19(15)25/h4-5,7,10-12,14,20,28H,6,8-9,13H2,1-3H3,(H,30,31)/t20-/m1/s1. The number of nitrogens with zero attached hydrogens (tertiary/aromatic N) is 2. The van der Waals surface area contributed by atoms with Crippen LogP contribution in [0.4, 0.5) is 4.39 Å². The highest BCUT2D eigenvalue weighted by molar-refractivity contribution is 5.92. The molecule has 0 aliphatic rings. The van der Waals surface area contributed by atoms with Crippen LogP contribution in [0.5, 0.6) is 5.88 Å². The minimum Gasteiger partial charge on any atom is -0.481 e. The second-order valence-electron chi connectivity index (χ2n) is 8.05. The lowest BCUT2D eigenvalue weighted by Gasteiger charge is -2.24. The maximum Gasteiger partial charge on any atom is 0.341 e. The molecule has 1 aromatic carbocycles. The van der Waals surface area contributed by atoms with Crippen LogP contribution in [-0.4, -0.2) is 39.5 Å². The SMILES string of the molecule is COc1nc2c(cc1CCCc1ccccc1F)c(=O)c(C(=O)O)cn2[C@H](CO)C(C)C. The van der Waals surface area contributed by atoms with Crippen molar-refractivity contribution in [2.75, 3.05) is 13.7 Å². The Bertz CT molecular complexity index is 1190. The fraction of sp³-hybridized carbons (Fsp3) is 0.375. The smallest absolute Gasteiger partial charge is 0.341 e. The van der Waals surface area contributed by atoms with E-state index in [2.05, 4.69) is 4.98 Å². The topological polar surface area (TPSA) is 102 Å². The Morgan fingerprint density at radius 2 is 1.91 bits per heavy atom. The molecule has 3 aromatic rings. The number of benzene rings is 1. The fourth-order valence-electron chi connectivity index (χ4n) is 3.85. The number of ether oxygens (including phenoxy) is 1. The Morgan fingerprint density at radius 1 is 1.22 bits per heavy atom. The lowest BCUT2D eigenvalue weighted by molar-refractivity contribution is 0.0694. The Balaban J connectivity index is 2.09. The number of hydrogen-bond donors (Lipinski definition) is 2. The van der Waals surface area contributed by atoms with Crippen LogP contribution in [0, 0.1) is 11.7 Å². The van der Waals surface area contributed by atoms with Crippen LogP contribution in [0.2, 0.25) is 0 Å². The van der Waals surface area contributed by atoms with Gasteiger partial charge in [0.15, 0.2) is 0 Å². The Hall–Kier alpha value is -3.26. The third kappa shape index (κ3) is 4.65. The molecule has 32 heavy (non-hydrogen) atoms. The van der Waals surface area contributed by atoms with Gasteiger partial charge in [0.2, 0.25) is 11.3 Å². The van der Waals surface area contributed by atoms with Gasteiger partial charge in [-0.25, -0.2) is 9.18 Å². The zero-order valence-electron chi connectivity index (χ0n) is 18.3. The van der Waals surface area contributed by atoms with Gasteiger partial charge in [0.25, 0.3) is 0 Å². The number of carboxylic acid groups (broad SMARTS) is 1. The minimum absolute atomic E-state index is 0.0411. The molecule has 0 spiro atoms. The van der Waals surface area contributed by atoms with Crippen molar-refractivity contribution in [3.05, 3.63) is 69.3 Å². The van der Waals surface area contributed by atoms with E-state index in [0.717, 1.165) is 0 Å². The van der Waals surface area contributed by atoms with E-state index < -0.39 is 17.4 Å². The van der Waals surface area contributed by atoms with E-state index in [1.54, 1.807) is 24.3 Å². The summed E-state index contributed by atoms with van der Waals surface area (Å²) in [7, 11) is 1.47. The van der Waals surface area contributed by atoms with Gasteiger partial charge < -0.3 is 19.5 Å². The first-order chi connectivity index (χ1) is 15.3. The molecule has 2 aromatic heterocycles. The van der Waals surface area contributed by atoms with Gasteiger partial charge in [-0.1, -0.05) is 32.0 Å². The van der Waals surface area contributed by atoms with Crippen LogP contribution in [0.15, 0.2) is 41.3 Å². The lowest BCUT2D eigenvalue weighted by Crippen LogP contribution is -2.26. The molecule has 3 rings (SSSR count). The summed E-state index contributed by atoms with van der Waals surface area (Å²) in [6.45, 7) is 3.53. The van der Waals surface area contributed by atoms with E-state index in [4.69, 9.17) is 4.74 Å². The number of aryl methyl sites for hydroxylation is 2. The van der Waals surface area contributed by atoms with Crippen LogP contribution in [0.25, 0.3) is 11.0 Å². The van der Waals surface area contributed by atoms with E-state index in [1.807, 2.05) is 13.8 Å². The number of carboxylic acids is 1. The summed E-state index contributed by atoms with van der Waals surface area (Å²) in [5.41, 5.74) is 0.448. The number of aliphatic hydroxyl groups is 1. The third-order valence-corrected chi connectivity index (χ3v) is 5.63. The molecule has 0 fully saturated rings. The molecule has 2 N–H and O–H groups in total. The van der Waals surface area contributed by atoms with Crippen molar-refractivity contribution in [3.8, 4) is 5.88 Å². The molecule has 2 heterocycles. The number of rotatable bonds is 9. The predicted octanol–water partition coefficient (Wildman–Crippen LogP) is 3.61. The average molecular weight is 442 g/mol. The van der Waals surface area contributed by atoms with E-state index in [-0.39, 0.29) is 34.9 Å². The number of halogens is 1. The first-order valence-electron chi connectivity index (χ1n) is 10.5. The normalized spacial score (nSPS) is 12.3. The van der Waals surface area contributed by atoms with Gasteiger partial charge in [0.1, 0.15) is 17.0 Å². The van der Waals surface area contributed by atoms with Crippen molar-refractivity contribution in [3.63, 3.8) is 0 Å². The van der Waals surface area contributed by atoms with Gasteiger partial charge in [-0.2, -0.15) is 4.98 Å². The van der Waals surface area contributed by atoms with Crippen molar-refractivity contribution in [1.82, 2.24) is 9.55 Å². The van der Waals surface area contributed by atoms with Crippen LogP contribution in [0.1, 0.15) is 47.8 Å². The van der Waals surface area contributed by atoms with Crippen LogP contribution in [0.3, 0.4) is 0 Å². The Morgan fingerprint density at radius 3 is 2.50 bits per heavy atom. The predicted molar refractivity (Wildman–Crippen MR) is 119 cm³/mol. The molecule has 0 amide bonds. The zero-order valence-corrected chi connectivity index (χ0v) is 18.3. The number of aromatic carboxylic acids is 1. The molecule has 8 heteroatoms. The van der Waals surface area contributed by atoms with Gasteiger partial charge >= 0.3 is 5.97 Å². The molecular formula is C24H27FN2O5. The molecule has 0 saturated heterocycles. The van der Waals surface area contributed by atoms with Gasteiger partial charge in [-0.05, 0) is 42.9 Å². The molecule has 7 nitrogen and oxygen atoms in total. The summed E-state index contributed by atoms with van der Waals surface area (Å²) in [6, 6.07) is 7.68. The van der Waals surface area contributed by atoms with Crippen LogP contribution >= 0.6 is 0 Å². The van der Waals surface area contributed by atoms with Gasteiger partial charge in [0, 0.05) is 11.8 Å². The Kier molecular flexibility index (Phi) is 7.25. The quantitative estimate of drug-likeness (QED) is 0.525. The van der Waals surface area contributed by atoms with Crippen molar-refractivity contribution in [2.24, 2.45) is 5.92 Å². The summed E-state index contributed by atoms with van der Waals surface area (Å²) in [6.07, 6.45) is 2.78. The van der Waals surface area contributed by atoms with E-state index >= 15 is 0 Å². The highest BCUT2D eigenvalue weighted by Gasteiger charge is 2.23. The largest absolute Gasteiger partial charge is 0.481 e. The maximum atomic E-state index is 13.9. The summed E-state index contributed by atoms with van der Waals surface area (Å²) in [5.74, 6) is -1.35. The second kappa shape index (κ2) is 9.91. The number of fused-ring (bicyclic) bond motifs is 1. The molecule has 0 radical (unpaired) electrons. The number of aromatic nitrogens is 2. The number of pyridine rings is 2. The second-order valence-corrected chi connectivity index (χ2v) is 8.05. The fourth-order valence-corrected chi connectivity index (χ4v) is 3.85.